The summed E-state index contributed by atoms with van der Waals surface area (Å²) < 4.78 is 34.8. The topological polar surface area (TPSA) is 65.8 Å². The lowest BCUT2D eigenvalue weighted by molar-refractivity contribution is -0.156. The highest BCUT2D eigenvalue weighted by Crippen LogP contribution is 2.24. The maximum atomic E-state index is 11.6. The Morgan fingerprint density at radius 2 is 2.09 bits per heavy atom. The van der Waals surface area contributed by atoms with Gasteiger partial charge in [0.25, 0.3) is 0 Å². The summed E-state index contributed by atoms with van der Waals surface area (Å²) >= 11 is 4.48. The standard InChI is InChI=1S/C3HClF3N3O/c4-2(11)1(9-10-8)3(5,6)7/h1H. The van der Waals surface area contributed by atoms with Crippen LogP contribution in [0.5, 0.6) is 0 Å². The molecule has 4 nitrogen and oxygen atoms in total. The minimum atomic E-state index is -4.91. The third-order valence-corrected chi connectivity index (χ3v) is 0.899. The van der Waals surface area contributed by atoms with Gasteiger partial charge in [-0.2, -0.15) is 13.2 Å². The second kappa shape index (κ2) is 3.45. The van der Waals surface area contributed by atoms with E-state index in [-0.39, 0.29) is 0 Å². The van der Waals surface area contributed by atoms with Crippen LogP contribution in [0, 0.1) is 0 Å². The van der Waals surface area contributed by atoms with E-state index in [1.54, 1.807) is 0 Å². The molecular weight excluding hydrogens is 186 g/mol. The van der Waals surface area contributed by atoms with Crippen LogP contribution in [0.2, 0.25) is 0 Å². The third-order valence-electron chi connectivity index (χ3n) is 0.692. The van der Waals surface area contributed by atoms with Crippen molar-refractivity contribution in [2.45, 2.75) is 12.2 Å². The van der Waals surface area contributed by atoms with E-state index in [2.05, 4.69) is 16.7 Å². The molecule has 0 aliphatic carbocycles. The van der Waals surface area contributed by atoms with Crippen molar-refractivity contribution in [2.75, 3.05) is 0 Å². The molecule has 0 aliphatic heterocycles. The zero-order valence-electron chi connectivity index (χ0n) is 4.84. The molecule has 0 heterocycles. The summed E-state index contributed by atoms with van der Waals surface area (Å²) in [6.45, 7) is 0. The molecule has 11 heavy (non-hydrogen) atoms. The van der Waals surface area contributed by atoms with E-state index in [9.17, 15) is 18.0 Å². The summed E-state index contributed by atoms with van der Waals surface area (Å²) in [6, 6.07) is -2.78. The van der Waals surface area contributed by atoms with E-state index >= 15 is 0 Å². The molecule has 1 atom stereocenters. The molecule has 0 aromatic carbocycles. The van der Waals surface area contributed by atoms with Crippen molar-refractivity contribution in [3.8, 4) is 0 Å². The number of hydrogen-bond donors (Lipinski definition) is 0. The van der Waals surface area contributed by atoms with Gasteiger partial charge in [-0.1, -0.05) is 5.11 Å². The lowest BCUT2D eigenvalue weighted by atomic mass is 10.3. The van der Waals surface area contributed by atoms with Gasteiger partial charge >= 0.3 is 6.18 Å². The van der Waals surface area contributed by atoms with Gasteiger partial charge in [0.05, 0.1) is 0 Å². The molecule has 0 aromatic heterocycles. The summed E-state index contributed by atoms with van der Waals surface area (Å²) in [5.41, 5.74) is 7.60. The Balaban J connectivity index is 4.61. The van der Waals surface area contributed by atoms with Gasteiger partial charge in [0.15, 0.2) is 0 Å². The Kier molecular flexibility index (Phi) is 3.16. The lowest BCUT2D eigenvalue weighted by Crippen LogP contribution is -2.31. The molecule has 0 rings (SSSR count). The highest BCUT2D eigenvalue weighted by molar-refractivity contribution is 6.64. The van der Waals surface area contributed by atoms with E-state index in [0.29, 0.717) is 0 Å². The smallest absolute Gasteiger partial charge is 0.280 e. The van der Waals surface area contributed by atoms with E-state index in [1.165, 1.54) is 0 Å². The molecule has 0 saturated carbocycles. The number of halogens is 4. The van der Waals surface area contributed by atoms with Crippen molar-refractivity contribution in [3.05, 3.63) is 10.4 Å². The first-order valence-corrected chi connectivity index (χ1v) is 2.57. The molecule has 0 N–H and O–H groups in total. The van der Waals surface area contributed by atoms with Gasteiger partial charge in [-0.15, -0.1) is 0 Å². The molecule has 0 spiro atoms. The van der Waals surface area contributed by atoms with Gasteiger partial charge in [0.2, 0.25) is 11.3 Å². The molecule has 0 fully saturated rings. The van der Waals surface area contributed by atoms with Crippen LogP contribution in [-0.2, 0) is 4.79 Å². The number of nitrogens with zero attached hydrogens (tertiary/aromatic N) is 3. The predicted octanol–water partition coefficient (Wildman–Crippen LogP) is 1.99. The van der Waals surface area contributed by atoms with Crippen molar-refractivity contribution in [1.29, 1.82) is 0 Å². The summed E-state index contributed by atoms with van der Waals surface area (Å²) in [5, 5.41) is 0.429. The Bertz CT molecular complexity index is 206. The highest BCUT2D eigenvalue weighted by atomic mass is 35.5. The summed E-state index contributed by atoms with van der Waals surface area (Å²) in [4.78, 5) is 11.8. The zero-order chi connectivity index (χ0) is 9.07. The largest absolute Gasteiger partial charge is 0.405 e. The van der Waals surface area contributed by atoms with Crippen LogP contribution in [0.15, 0.2) is 5.11 Å². The van der Waals surface area contributed by atoms with Gasteiger partial charge in [-0.3, -0.25) is 4.79 Å². The van der Waals surface area contributed by atoms with Crippen LogP contribution in [0.1, 0.15) is 0 Å². The van der Waals surface area contributed by atoms with Crippen LogP contribution in [0.25, 0.3) is 10.4 Å². The van der Waals surface area contributed by atoms with Crippen molar-refractivity contribution >= 4 is 16.8 Å². The highest BCUT2D eigenvalue weighted by Gasteiger charge is 2.43. The van der Waals surface area contributed by atoms with E-state index in [1.807, 2.05) is 4.91 Å². The Morgan fingerprint density at radius 1 is 1.64 bits per heavy atom. The maximum Gasteiger partial charge on any atom is 0.405 e. The first-order chi connectivity index (χ1) is 4.89. The van der Waals surface area contributed by atoms with E-state index in [0.717, 1.165) is 0 Å². The Morgan fingerprint density at radius 3 is 2.18 bits per heavy atom. The molecule has 0 aliphatic rings. The second-order valence-corrected chi connectivity index (χ2v) is 1.83. The van der Waals surface area contributed by atoms with Crippen LogP contribution < -0.4 is 0 Å². The van der Waals surface area contributed by atoms with E-state index < -0.39 is 17.5 Å². The number of carbonyl (C=O) groups excluding carboxylic acids is 1. The summed E-state index contributed by atoms with van der Waals surface area (Å²) in [6.07, 6.45) is -4.91. The summed E-state index contributed by atoms with van der Waals surface area (Å²) in [5.74, 6) is 0. The lowest BCUT2D eigenvalue weighted by Gasteiger charge is -2.09. The number of carbonyl (C=O) groups is 1. The van der Waals surface area contributed by atoms with Gasteiger partial charge in [0.1, 0.15) is 0 Å². The molecule has 1 unspecified atom stereocenters. The zero-order valence-corrected chi connectivity index (χ0v) is 5.60. The van der Waals surface area contributed by atoms with Crippen LogP contribution >= 0.6 is 11.6 Å². The predicted molar refractivity (Wildman–Crippen MR) is 29.8 cm³/mol. The number of rotatable bonds is 2. The molecule has 0 saturated heterocycles. The van der Waals surface area contributed by atoms with Crippen molar-refractivity contribution < 1.29 is 18.0 Å². The van der Waals surface area contributed by atoms with Gasteiger partial charge in [-0.25, -0.2) is 0 Å². The Labute approximate surface area is 63.6 Å². The first-order valence-electron chi connectivity index (χ1n) is 2.20. The fraction of sp³-hybridized carbons (Fsp3) is 0.667. The normalized spacial score (nSPS) is 13.5. The molecule has 0 aromatic rings. The molecule has 0 amide bonds. The van der Waals surface area contributed by atoms with Gasteiger partial charge in [0, 0.05) is 4.91 Å². The number of azide groups is 1. The SMILES string of the molecule is [N-]=[N+]=NC(C(=O)Cl)C(F)(F)F. The Hall–Kier alpha value is -0.940. The minimum absolute atomic E-state index is 1.74. The number of alkyl halides is 3. The maximum absolute atomic E-state index is 11.6. The molecule has 0 bridgehead atoms. The van der Waals surface area contributed by atoms with Crippen LogP contribution in [0.4, 0.5) is 13.2 Å². The van der Waals surface area contributed by atoms with Crippen LogP contribution in [-0.4, -0.2) is 17.5 Å². The third kappa shape index (κ3) is 3.10. The van der Waals surface area contributed by atoms with E-state index in [4.69, 9.17) is 5.53 Å². The fourth-order valence-corrected chi connectivity index (χ4v) is 0.459. The van der Waals surface area contributed by atoms with Gasteiger partial charge < -0.3 is 0 Å². The number of hydrogen-bond acceptors (Lipinski definition) is 2. The summed E-state index contributed by atoms with van der Waals surface area (Å²) in [7, 11) is 0. The molecular formula is C3HClF3N3O. The quantitative estimate of drug-likeness (QED) is 0.282. The monoisotopic (exact) mass is 187 g/mol. The minimum Gasteiger partial charge on any atom is -0.280 e. The molecule has 0 radical (unpaired) electrons. The average Bonchev–Trinajstić information content (AvgIpc) is 1.79. The van der Waals surface area contributed by atoms with Crippen molar-refractivity contribution in [2.24, 2.45) is 5.11 Å². The van der Waals surface area contributed by atoms with Crippen LogP contribution in [0.3, 0.4) is 0 Å². The second-order valence-electron chi connectivity index (χ2n) is 1.45. The van der Waals surface area contributed by atoms with Gasteiger partial charge in [-0.05, 0) is 17.1 Å². The molecule has 62 valence electrons. The van der Waals surface area contributed by atoms with Crippen molar-refractivity contribution in [1.82, 2.24) is 0 Å². The molecule has 8 heteroatoms. The average molecular weight is 188 g/mol. The fourth-order valence-electron chi connectivity index (χ4n) is 0.291. The van der Waals surface area contributed by atoms with Crippen molar-refractivity contribution in [3.63, 3.8) is 0 Å². The first kappa shape index (κ1) is 10.1.